The number of nitrogens with one attached hydrogen (secondary N) is 1. The Morgan fingerprint density at radius 3 is 2.70 bits per heavy atom. The highest BCUT2D eigenvalue weighted by Crippen LogP contribution is 2.29. The smallest absolute Gasteiger partial charge is 0.252 e. The highest BCUT2D eigenvalue weighted by atomic mass is 79.9. The Balaban J connectivity index is 1.95. The number of nitrogens with zero attached hydrogens (tertiary/aromatic N) is 1. The minimum absolute atomic E-state index is 0.0475. The van der Waals surface area contributed by atoms with Crippen LogP contribution in [0.15, 0.2) is 22.7 Å². The average molecular weight is 360 g/mol. The molecule has 1 N–H and O–H groups in total. The first-order valence-electron chi connectivity index (χ1n) is 6.81. The molecule has 0 aromatic heterocycles. The van der Waals surface area contributed by atoms with Crippen LogP contribution in [0.3, 0.4) is 0 Å². The molecule has 1 aliphatic heterocycles. The molecule has 0 spiro atoms. The first-order valence-corrected chi connectivity index (χ1v) is 7.98. The van der Waals surface area contributed by atoms with Crippen molar-refractivity contribution < 1.29 is 4.79 Å². The van der Waals surface area contributed by atoms with Gasteiger partial charge in [0.15, 0.2) is 0 Å². The molecular weight excluding hydrogens is 340 g/mol. The third-order valence-corrected chi connectivity index (χ3v) is 4.94. The van der Waals surface area contributed by atoms with Gasteiger partial charge in [0.1, 0.15) is 0 Å². The van der Waals surface area contributed by atoms with Gasteiger partial charge < -0.3 is 10.2 Å². The standard InChI is InChI=1S/C15H20BrClN2O/c1-15(5-7-19(2)8-6-15)10-18-14(20)12-4-3-11(17)9-13(12)16/h3-4,9H,5-8,10H2,1-2H3,(H,18,20). The van der Waals surface area contributed by atoms with E-state index in [2.05, 4.69) is 40.1 Å². The molecule has 1 aromatic carbocycles. The molecule has 1 aromatic rings. The molecule has 5 heteroatoms. The molecule has 2 rings (SSSR count). The lowest BCUT2D eigenvalue weighted by atomic mass is 9.80. The Labute approximate surface area is 133 Å². The van der Waals surface area contributed by atoms with Gasteiger partial charge in [0.05, 0.1) is 5.56 Å². The predicted octanol–water partition coefficient (Wildman–Crippen LogP) is 3.56. The van der Waals surface area contributed by atoms with Gasteiger partial charge in [-0.2, -0.15) is 0 Å². The van der Waals surface area contributed by atoms with Gasteiger partial charge in [-0.1, -0.05) is 18.5 Å². The average Bonchev–Trinajstić information content (AvgIpc) is 2.40. The molecule has 0 aliphatic carbocycles. The fourth-order valence-electron chi connectivity index (χ4n) is 2.40. The van der Waals surface area contributed by atoms with Crippen molar-refractivity contribution in [2.75, 3.05) is 26.7 Å². The molecule has 1 aliphatic rings. The number of benzene rings is 1. The lowest BCUT2D eigenvalue weighted by molar-refractivity contribution is 0.0891. The Morgan fingerprint density at radius 2 is 2.10 bits per heavy atom. The number of carbonyl (C=O) groups is 1. The third-order valence-electron chi connectivity index (χ3n) is 4.05. The quantitative estimate of drug-likeness (QED) is 0.895. The van der Waals surface area contributed by atoms with Crippen LogP contribution in [0.1, 0.15) is 30.1 Å². The van der Waals surface area contributed by atoms with Crippen molar-refractivity contribution in [2.45, 2.75) is 19.8 Å². The molecule has 0 radical (unpaired) electrons. The number of piperidine rings is 1. The summed E-state index contributed by atoms with van der Waals surface area (Å²) in [6.07, 6.45) is 2.23. The van der Waals surface area contributed by atoms with E-state index in [9.17, 15) is 4.79 Å². The van der Waals surface area contributed by atoms with Crippen molar-refractivity contribution in [1.29, 1.82) is 0 Å². The summed E-state index contributed by atoms with van der Waals surface area (Å²) in [5.74, 6) is -0.0475. The van der Waals surface area contributed by atoms with Gasteiger partial charge in [-0.25, -0.2) is 0 Å². The highest BCUT2D eigenvalue weighted by Gasteiger charge is 2.29. The molecule has 3 nitrogen and oxygen atoms in total. The van der Waals surface area contributed by atoms with Crippen molar-refractivity contribution in [2.24, 2.45) is 5.41 Å². The SMILES string of the molecule is CN1CCC(C)(CNC(=O)c2ccc(Cl)cc2Br)CC1. The van der Waals surface area contributed by atoms with E-state index in [1.807, 2.05) is 0 Å². The molecule has 0 unspecified atom stereocenters. The summed E-state index contributed by atoms with van der Waals surface area (Å²) in [5.41, 5.74) is 0.826. The van der Waals surface area contributed by atoms with Crippen LogP contribution in [0.2, 0.25) is 5.02 Å². The summed E-state index contributed by atoms with van der Waals surface area (Å²) in [4.78, 5) is 14.6. The van der Waals surface area contributed by atoms with E-state index in [-0.39, 0.29) is 11.3 Å². The molecule has 1 amide bonds. The molecule has 20 heavy (non-hydrogen) atoms. The van der Waals surface area contributed by atoms with Crippen molar-refractivity contribution in [3.05, 3.63) is 33.3 Å². The van der Waals surface area contributed by atoms with Crippen molar-refractivity contribution in [1.82, 2.24) is 10.2 Å². The van der Waals surface area contributed by atoms with Crippen LogP contribution in [0.5, 0.6) is 0 Å². The van der Waals surface area contributed by atoms with Crippen molar-refractivity contribution in [3.63, 3.8) is 0 Å². The van der Waals surface area contributed by atoms with Crippen LogP contribution in [-0.4, -0.2) is 37.5 Å². The van der Waals surface area contributed by atoms with Gasteiger partial charge in [-0.15, -0.1) is 0 Å². The zero-order chi connectivity index (χ0) is 14.8. The summed E-state index contributed by atoms with van der Waals surface area (Å²) in [6.45, 7) is 5.15. The van der Waals surface area contributed by atoms with Gasteiger partial charge in [0.25, 0.3) is 5.91 Å². The molecule has 1 fully saturated rings. The maximum atomic E-state index is 12.2. The normalized spacial score (nSPS) is 18.8. The number of amides is 1. The highest BCUT2D eigenvalue weighted by molar-refractivity contribution is 9.10. The molecule has 1 heterocycles. The summed E-state index contributed by atoms with van der Waals surface area (Å²) >= 11 is 9.27. The second-order valence-electron chi connectivity index (χ2n) is 5.92. The number of hydrogen-bond acceptors (Lipinski definition) is 2. The van der Waals surface area contributed by atoms with Crippen molar-refractivity contribution in [3.8, 4) is 0 Å². The van der Waals surface area contributed by atoms with E-state index in [0.717, 1.165) is 36.9 Å². The number of hydrogen-bond donors (Lipinski definition) is 1. The number of halogens is 2. The molecule has 0 bridgehead atoms. The van der Waals surface area contributed by atoms with E-state index in [0.29, 0.717) is 10.6 Å². The first kappa shape index (κ1) is 15.8. The summed E-state index contributed by atoms with van der Waals surface area (Å²) in [6, 6.07) is 5.23. The van der Waals surface area contributed by atoms with Crippen LogP contribution in [0, 0.1) is 5.41 Å². The predicted molar refractivity (Wildman–Crippen MR) is 86.3 cm³/mol. The fourth-order valence-corrected chi connectivity index (χ4v) is 3.26. The van der Waals surface area contributed by atoms with Gasteiger partial charge in [-0.05, 0) is 72.5 Å². The topological polar surface area (TPSA) is 32.3 Å². The molecule has 110 valence electrons. The monoisotopic (exact) mass is 358 g/mol. The first-order chi connectivity index (χ1) is 9.39. The second-order valence-corrected chi connectivity index (χ2v) is 7.21. The van der Waals surface area contributed by atoms with Crippen LogP contribution in [0.25, 0.3) is 0 Å². The second kappa shape index (κ2) is 6.46. The largest absolute Gasteiger partial charge is 0.351 e. The third kappa shape index (κ3) is 3.96. The molecule has 0 saturated carbocycles. The maximum absolute atomic E-state index is 12.2. The maximum Gasteiger partial charge on any atom is 0.252 e. The fraction of sp³-hybridized carbons (Fsp3) is 0.533. The lowest BCUT2D eigenvalue weighted by Crippen LogP contribution is -2.43. The minimum atomic E-state index is -0.0475. The van der Waals surface area contributed by atoms with Gasteiger partial charge in [-0.3, -0.25) is 4.79 Å². The molecule has 1 saturated heterocycles. The van der Waals surface area contributed by atoms with Gasteiger partial charge in [0, 0.05) is 16.0 Å². The van der Waals surface area contributed by atoms with E-state index >= 15 is 0 Å². The molecular formula is C15H20BrClN2O. The number of rotatable bonds is 3. The van der Waals surface area contributed by atoms with Gasteiger partial charge >= 0.3 is 0 Å². The van der Waals surface area contributed by atoms with Crippen LogP contribution >= 0.6 is 27.5 Å². The Hall–Kier alpha value is -0.580. The van der Waals surface area contributed by atoms with E-state index in [1.54, 1.807) is 18.2 Å². The van der Waals surface area contributed by atoms with E-state index in [4.69, 9.17) is 11.6 Å². The minimum Gasteiger partial charge on any atom is -0.351 e. The number of likely N-dealkylation sites (tertiary alicyclic amines) is 1. The van der Waals surface area contributed by atoms with Crippen LogP contribution in [-0.2, 0) is 0 Å². The van der Waals surface area contributed by atoms with E-state index < -0.39 is 0 Å². The zero-order valence-electron chi connectivity index (χ0n) is 11.9. The van der Waals surface area contributed by atoms with Crippen LogP contribution in [0.4, 0.5) is 0 Å². The van der Waals surface area contributed by atoms with Crippen LogP contribution < -0.4 is 5.32 Å². The summed E-state index contributed by atoms with van der Waals surface area (Å²) in [5, 5.41) is 3.67. The Kier molecular flexibility index (Phi) is 5.10. The van der Waals surface area contributed by atoms with Crippen molar-refractivity contribution >= 4 is 33.4 Å². The van der Waals surface area contributed by atoms with Gasteiger partial charge in [0.2, 0.25) is 0 Å². The Morgan fingerprint density at radius 1 is 1.45 bits per heavy atom. The zero-order valence-corrected chi connectivity index (χ0v) is 14.2. The summed E-state index contributed by atoms with van der Waals surface area (Å²) in [7, 11) is 2.14. The lowest BCUT2D eigenvalue weighted by Gasteiger charge is -2.38. The van der Waals surface area contributed by atoms with E-state index in [1.165, 1.54) is 0 Å². The Bertz CT molecular complexity index is 499. The number of carbonyl (C=O) groups excluding carboxylic acids is 1. The summed E-state index contributed by atoms with van der Waals surface area (Å²) < 4.78 is 0.732. The molecule has 0 atom stereocenters.